The summed E-state index contributed by atoms with van der Waals surface area (Å²) in [4.78, 5) is 31.9. The third-order valence-electron chi connectivity index (χ3n) is 1.17. The number of rotatable bonds is 5. The van der Waals surface area contributed by atoms with Gasteiger partial charge in [0.1, 0.15) is 6.42 Å². The molecule has 0 rings (SSSR count). The van der Waals surface area contributed by atoms with Gasteiger partial charge in [-0.25, -0.2) is 0 Å². The molecule has 0 heterocycles. The lowest BCUT2D eigenvalue weighted by Crippen LogP contribution is -2.12. The molecule has 12 heavy (non-hydrogen) atoms. The Morgan fingerprint density at radius 2 is 1.92 bits per heavy atom. The number of allylic oxidation sites excluding steroid dienone is 1. The number of carbonyl (C=O) groups excluding carboxylic acids is 3. The van der Waals surface area contributed by atoms with Crippen molar-refractivity contribution in [2.24, 2.45) is 0 Å². The molecule has 0 aromatic rings. The number of carbonyl (C=O) groups is 3. The van der Waals surface area contributed by atoms with E-state index >= 15 is 0 Å². The van der Waals surface area contributed by atoms with E-state index in [1.165, 1.54) is 7.11 Å². The number of ketones is 2. The van der Waals surface area contributed by atoms with Crippen molar-refractivity contribution in [3.63, 3.8) is 0 Å². The Hall–Kier alpha value is -1.45. The van der Waals surface area contributed by atoms with E-state index in [1.807, 2.05) is 0 Å². The number of hydrogen-bond donors (Lipinski definition) is 0. The van der Waals surface area contributed by atoms with E-state index in [-0.39, 0.29) is 18.6 Å². The molecule has 0 bridgehead atoms. The Labute approximate surface area is 70.2 Å². The van der Waals surface area contributed by atoms with Crippen molar-refractivity contribution in [2.45, 2.75) is 12.8 Å². The largest absolute Gasteiger partial charge is 0.469 e. The van der Waals surface area contributed by atoms with Crippen molar-refractivity contribution in [3.8, 4) is 0 Å². The fraction of sp³-hybridized carbons (Fsp3) is 0.375. The standard InChI is InChI=1S/C8H10O4/c1-3-6(9)4-7(10)5-8(11)12-2/h3H,1,4-5H2,2H3. The number of ether oxygens (including phenoxy) is 1. The number of esters is 1. The quantitative estimate of drug-likeness (QED) is 0.337. The summed E-state index contributed by atoms with van der Waals surface area (Å²) in [6.45, 7) is 3.20. The lowest BCUT2D eigenvalue weighted by molar-refractivity contribution is -0.143. The maximum atomic E-state index is 10.8. The fourth-order valence-corrected chi connectivity index (χ4v) is 0.562. The molecule has 66 valence electrons. The van der Waals surface area contributed by atoms with Crippen LogP contribution in [-0.2, 0) is 19.1 Å². The summed E-state index contributed by atoms with van der Waals surface area (Å²) in [5.74, 6) is -1.47. The third kappa shape index (κ3) is 4.38. The highest BCUT2D eigenvalue weighted by Gasteiger charge is 2.11. The maximum Gasteiger partial charge on any atom is 0.313 e. The second kappa shape index (κ2) is 5.23. The van der Waals surface area contributed by atoms with Gasteiger partial charge < -0.3 is 4.74 Å². The average Bonchev–Trinajstić information content (AvgIpc) is 2.03. The predicted octanol–water partition coefficient (Wildman–Crippen LogP) is 0.264. The highest BCUT2D eigenvalue weighted by Crippen LogP contribution is 1.93. The van der Waals surface area contributed by atoms with Gasteiger partial charge in [0.15, 0.2) is 11.6 Å². The van der Waals surface area contributed by atoms with Crippen LogP contribution in [0, 0.1) is 0 Å². The molecule has 0 amide bonds. The highest BCUT2D eigenvalue weighted by atomic mass is 16.5. The molecule has 0 aliphatic rings. The van der Waals surface area contributed by atoms with E-state index in [9.17, 15) is 14.4 Å². The summed E-state index contributed by atoms with van der Waals surface area (Å²) in [5.41, 5.74) is 0. The van der Waals surface area contributed by atoms with Crippen LogP contribution in [-0.4, -0.2) is 24.6 Å². The third-order valence-corrected chi connectivity index (χ3v) is 1.17. The van der Waals surface area contributed by atoms with Gasteiger partial charge in [-0.1, -0.05) is 6.58 Å². The molecule has 0 fully saturated rings. The molecule has 0 aromatic heterocycles. The van der Waals surface area contributed by atoms with Gasteiger partial charge in [-0.3, -0.25) is 14.4 Å². The average molecular weight is 170 g/mol. The van der Waals surface area contributed by atoms with Gasteiger partial charge in [-0.2, -0.15) is 0 Å². The molecular weight excluding hydrogens is 160 g/mol. The Morgan fingerprint density at radius 3 is 2.33 bits per heavy atom. The number of methoxy groups -OCH3 is 1. The molecular formula is C8H10O4. The van der Waals surface area contributed by atoms with Gasteiger partial charge >= 0.3 is 5.97 Å². The fourth-order valence-electron chi connectivity index (χ4n) is 0.562. The van der Waals surface area contributed by atoms with Gasteiger partial charge in [0.05, 0.1) is 13.5 Å². The van der Waals surface area contributed by atoms with Crippen LogP contribution >= 0.6 is 0 Å². The van der Waals surface area contributed by atoms with E-state index < -0.39 is 11.8 Å². The first-order chi connectivity index (χ1) is 5.60. The Kier molecular flexibility index (Phi) is 4.60. The number of Topliss-reactive ketones (excluding diaryl/α,β-unsaturated/α-hetero) is 1. The minimum absolute atomic E-state index is 0.279. The summed E-state index contributed by atoms with van der Waals surface area (Å²) in [7, 11) is 1.19. The molecule has 4 heteroatoms. The van der Waals surface area contributed by atoms with Gasteiger partial charge in [0.2, 0.25) is 0 Å². The summed E-state index contributed by atoms with van der Waals surface area (Å²) in [6, 6.07) is 0. The van der Waals surface area contributed by atoms with Crippen LogP contribution < -0.4 is 0 Å². The van der Waals surface area contributed by atoms with Crippen molar-refractivity contribution < 1.29 is 19.1 Å². The van der Waals surface area contributed by atoms with Crippen LogP contribution in [0.3, 0.4) is 0 Å². The van der Waals surface area contributed by atoms with E-state index in [1.54, 1.807) is 0 Å². The maximum absolute atomic E-state index is 10.8. The van der Waals surface area contributed by atoms with Crippen molar-refractivity contribution in [1.29, 1.82) is 0 Å². The molecule has 0 aromatic carbocycles. The van der Waals surface area contributed by atoms with Crippen LogP contribution in [0.25, 0.3) is 0 Å². The SMILES string of the molecule is C=CC(=O)CC(=O)CC(=O)OC. The zero-order valence-electron chi connectivity index (χ0n) is 6.83. The van der Waals surface area contributed by atoms with Crippen LogP contribution in [0.2, 0.25) is 0 Å². The molecule has 0 spiro atoms. The molecule has 0 aliphatic carbocycles. The van der Waals surface area contributed by atoms with Crippen LogP contribution in [0.1, 0.15) is 12.8 Å². The molecule has 4 nitrogen and oxygen atoms in total. The van der Waals surface area contributed by atoms with Gasteiger partial charge in [-0.15, -0.1) is 0 Å². The zero-order chi connectivity index (χ0) is 9.56. The molecule has 0 saturated carbocycles. The molecule has 0 N–H and O–H groups in total. The Morgan fingerprint density at radius 1 is 1.33 bits per heavy atom. The Bertz CT molecular complexity index is 217. The van der Waals surface area contributed by atoms with Crippen molar-refractivity contribution in [2.75, 3.05) is 7.11 Å². The first-order valence-corrected chi connectivity index (χ1v) is 3.34. The number of hydrogen-bond acceptors (Lipinski definition) is 4. The second-order valence-electron chi connectivity index (χ2n) is 2.14. The lowest BCUT2D eigenvalue weighted by atomic mass is 10.1. The van der Waals surface area contributed by atoms with Crippen LogP contribution in [0.15, 0.2) is 12.7 Å². The van der Waals surface area contributed by atoms with E-state index in [2.05, 4.69) is 11.3 Å². The summed E-state index contributed by atoms with van der Waals surface area (Å²) in [6.07, 6.45) is 0.420. The topological polar surface area (TPSA) is 60.4 Å². The van der Waals surface area contributed by atoms with Crippen LogP contribution in [0.5, 0.6) is 0 Å². The zero-order valence-corrected chi connectivity index (χ0v) is 6.83. The predicted molar refractivity (Wildman–Crippen MR) is 41.5 cm³/mol. The van der Waals surface area contributed by atoms with Gasteiger partial charge in [0.25, 0.3) is 0 Å². The van der Waals surface area contributed by atoms with E-state index in [4.69, 9.17) is 0 Å². The van der Waals surface area contributed by atoms with Gasteiger partial charge in [0, 0.05) is 0 Å². The van der Waals surface area contributed by atoms with Crippen molar-refractivity contribution >= 4 is 17.5 Å². The normalized spacial score (nSPS) is 8.75. The van der Waals surface area contributed by atoms with E-state index in [0.29, 0.717) is 0 Å². The van der Waals surface area contributed by atoms with Crippen molar-refractivity contribution in [3.05, 3.63) is 12.7 Å². The van der Waals surface area contributed by atoms with Crippen molar-refractivity contribution in [1.82, 2.24) is 0 Å². The summed E-state index contributed by atoms with van der Waals surface area (Å²) >= 11 is 0. The summed E-state index contributed by atoms with van der Waals surface area (Å²) < 4.78 is 4.24. The molecule has 0 saturated heterocycles. The summed E-state index contributed by atoms with van der Waals surface area (Å²) in [5, 5.41) is 0. The minimum Gasteiger partial charge on any atom is -0.469 e. The molecule has 0 atom stereocenters. The molecule has 0 aliphatic heterocycles. The molecule has 0 unspecified atom stereocenters. The van der Waals surface area contributed by atoms with E-state index in [0.717, 1.165) is 6.08 Å². The monoisotopic (exact) mass is 170 g/mol. The first-order valence-electron chi connectivity index (χ1n) is 3.34. The lowest BCUT2D eigenvalue weighted by Gasteiger charge is -1.95. The van der Waals surface area contributed by atoms with Gasteiger partial charge in [-0.05, 0) is 6.08 Å². The molecule has 0 radical (unpaired) electrons. The smallest absolute Gasteiger partial charge is 0.313 e. The van der Waals surface area contributed by atoms with Crippen LogP contribution in [0.4, 0.5) is 0 Å². The minimum atomic E-state index is -0.628. The Balaban J connectivity index is 3.82. The highest BCUT2D eigenvalue weighted by molar-refractivity contribution is 6.08. The first kappa shape index (κ1) is 10.6. The second-order valence-corrected chi connectivity index (χ2v) is 2.14.